The van der Waals surface area contributed by atoms with Crippen molar-refractivity contribution in [1.29, 1.82) is 0 Å². The molecule has 1 aliphatic rings. The van der Waals surface area contributed by atoms with Crippen molar-refractivity contribution in [3.63, 3.8) is 0 Å². The zero-order valence-electron chi connectivity index (χ0n) is 10.3. The van der Waals surface area contributed by atoms with Crippen LogP contribution in [0.25, 0.3) is 11.0 Å². The molecular weight excluding hydrogens is 268 g/mol. The topological polar surface area (TPSA) is 147 Å². The molecule has 2 aromatic rings. The van der Waals surface area contributed by atoms with Crippen LogP contribution in [-0.4, -0.2) is 54.8 Å². The summed E-state index contributed by atoms with van der Waals surface area (Å²) in [6.45, 7) is -0.427. The van der Waals surface area contributed by atoms with Gasteiger partial charge in [-0.05, 0) is 6.07 Å². The predicted octanol–water partition coefficient (Wildman–Crippen LogP) is -2.08. The molecule has 0 spiro atoms. The second-order valence-electron chi connectivity index (χ2n) is 4.64. The molecular formula is C11H14N4O5. The Morgan fingerprint density at radius 2 is 2.20 bits per heavy atom. The summed E-state index contributed by atoms with van der Waals surface area (Å²) in [5, 5.41) is 29.1. The Bertz CT molecular complexity index is 696. The van der Waals surface area contributed by atoms with E-state index < -0.39 is 36.7 Å². The fourth-order valence-corrected chi connectivity index (χ4v) is 2.38. The third-order valence-electron chi connectivity index (χ3n) is 3.39. The zero-order chi connectivity index (χ0) is 14.4. The number of aliphatic hydroxyl groups is 3. The first-order valence-corrected chi connectivity index (χ1v) is 6.01. The molecule has 1 fully saturated rings. The number of hydrogen-bond donors (Lipinski definition) is 5. The van der Waals surface area contributed by atoms with Crippen LogP contribution >= 0.6 is 0 Å². The van der Waals surface area contributed by atoms with Gasteiger partial charge < -0.3 is 30.4 Å². The lowest BCUT2D eigenvalue weighted by atomic mass is 10.1. The van der Waals surface area contributed by atoms with Crippen LogP contribution in [0.4, 0.5) is 5.95 Å². The molecule has 9 nitrogen and oxygen atoms in total. The van der Waals surface area contributed by atoms with Crippen molar-refractivity contribution in [3.8, 4) is 0 Å². The Labute approximate surface area is 112 Å². The largest absolute Gasteiger partial charge is 0.394 e. The van der Waals surface area contributed by atoms with Crippen LogP contribution in [-0.2, 0) is 4.74 Å². The van der Waals surface area contributed by atoms with Crippen molar-refractivity contribution in [1.82, 2.24) is 14.5 Å². The average Bonchev–Trinajstić information content (AvgIpc) is 2.93. The van der Waals surface area contributed by atoms with E-state index in [0.717, 1.165) is 0 Å². The van der Waals surface area contributed by atoms with E-state index in [4.69, 9.17) is 15.6 Å². The number of aliphatic hydroxyl groups excluding tert-OH is 3. The van der Waals surface area contributed by atoms with E-state index in [9.17, 15) is 15.0 Å². The quantitative estimate of drug-likeness (QED) is 0.424. The third-order valence-corrected chi connectivity index (χ3v) is 3.39. The number of rotatable bonds is 2. The van der Waals surface area contributed by atoms with Crippen LogP contribution in [0.2, 0.25) is 0 Å². The number of aromatic nitrogens is 3. The fraction of sp³-hybridized carbons (Fsp3) is 0.455. The number of nitrogens with zero attached hydrogens (tertiary/aromatic N) is 2. The van der Waals surface area contributed by atoms with Gasteiger partial charge >= 0.3 is 0 Å². The monoisotopic (exact) mass is 282 g/mol. The first-order valence-electron chi connectivity index (χ1n) is 6.01. The second kappa shape index (κ2) is 4.56. The normalized spacial score (nSPS) is 30.1. The molecule has 1 aliphatic heterocycles. The van der Waals surface area contributed by atoms with E-state index in [1.807, 2.05) is 0 Å². The van der Waals surface area contributed by atoms with Crippen molar-refractivity contribution < 1.29 is 20.1 Å². The van der Waals surface area contributed by atoms with Crippen LogP contribution in [0.15, 0.2) is 17.1 Å². The van der Waals surface area contributed by atoms with Gasteiger partial charge in [0.05, 0.1) is 12.0 Å². The molecule has 3 rings (SSSR count). The van der Waals surface area contributed by atoms with Crippen LogP contribution < -0.4 is 11.3 Å². The minimum atomic E-state index is -1.25. The Hall–Kier alpha value is -1.94. The number of anilines is 1. The van der Waals surface area contributed by atoms with Gasteiger partial charge in [-0.3, -0.25) is 9.78 Å². The summed E-state index contributed by atoms with van der Waals surface area (Å²) in [5.41, 5.74) is 5.33. The summed E-state index contributed by atoms with van der Waals surface area (Å²) in [4.78, 5) is 18.1. The van der Waals surface area contributed by atoms with Gasteiger partial charge in [0.2, 0.25) is 5.95 Å². The summed E-state index contributed by atoms with van der Waals surface area (Å²) in [6, 6.07) is 1.51. The summed E-state index contributed by atoms with van der Waals surface area (Å²) in [6.07, 6.45) is -2.81. The number of nitrogens with one attached hydrogen (secondary N) is 1. The Morgan fingerprint density at radius 1 is 1.45 bits per heavy atom. The van der Waals surface area contributed by atoms with Gasteiger partial charge in [0, 0.05) is 6.20 Å². The highest BCUT2D eigenvalue weighted by molar-refractivity contribution is 5.76. The van der Waals surface area contributed by atoms with Crippen LogP contribution in [0.5, 0.6) is 0 Å². The molecule has 0 amide bonds. The number of nitrogens with two attached hydrogens (primary N) is 1. The lowest BCUT2D eigenvalue weighted by Crippen LogP contribution is -2.33. The van der Waals surface area contributed by atoms with E-state index in [2.05, 4.69) is 9.97 Å². The zero-order valence-corrected chi connectivity index (χ0v) is 10.3. The number of aromatic amines is 1. The molecule has 108 valence electrons. The summed E-state index contributed by atoms with van der Waals surface area (Å²) in [5.74, 6) is -0.0609. The lowest BCUT2D eigenvalue weighted by molar-refractivity contribution is -0.0508. The molecule has 0 aliphatic carbocycles. The van der Waals surface area contributed by atoms with Crippen molar-refractivity contribution in [2.24, 2.45) is 0 Å². The van der Waals surface area contributed by atoms with Crippen LogP contribution in [0, 0.1) is 0 Å². The second-order valence-corrected chi connectivity index (χ2v) is 4.64. The van der Waals surface area contributed by atoms with Gasteiger partial charge in [0.25, 0.3) is 5.56 Å². The Balaban J connectivity index is 2.09. The molecule has 3 heterocycles. The van der Waals surface area contributed by atoms with Gasteiger partial charge in [-0.25, -0.2) is 0 Å². The molecule has 0 bridgehead atoms. The molecule has 0 radical (unpaired) electrons. The Morgan fingerprint density at radius 3 is 2.85 bits per heavy atom. The SMILES string of the molecule is Nc1nc2c(ccn2[C@@H]2O[C@H](CO)[C@H](O)[C@@H]2O)c(=O)[nH]1. The van der Waals surface area contributed by atoms with Gasteiger partial charge in [-0.1, -0.05) is 0 Å². The molecule has 4 atom stereocenters. The maximum absolute atomic E-state index is 11.7. The van der Waals surface area contributed by atoms with Gasteiger partial charge in [-0.15, -0.1) is 0 Å². The smallest absolute Gasteiger partial charge is 0.261 e. The van der Waals surface area contributed by atoms with Crippen molar-refractivity contribution in [2.75, 3.05) is 12.3 Å². The van der Waals surface area contributed by atoms with Crippen molar-refractivity contribution in [3.05, 3.63) is 22.6 Å². The van der Waals surface area contributed by atoms with Gasteiger partial charge in [0.1, 0.15) is 18.3 Å². The summed E-state index contributed by atoms with van der Waals surface area (Å²) >= 11 is 0. The number of ether oxygens (including phenoxy) is 1. The minimum Gasteiger partial charge on any atom is -0.394 e. The van der Waals surface area contributed by atoms with E-state index in [0.29, 0.717) is 0 Å². The molecule has 0 aromatic carbocycles. The predicted molar refractivity (Wildman–Crippen MR) is 67.8 cm³/mol. The molecule has 0 unspecified atom stereocenters. The van der Waals surface area contributed by atoms with Gasteiger partial charge in [0.15, 0.2) is 11.9 Å². The fourth-order valence-electron chi connectivity index (χ4n) is 2.38. The average molecular weight is 282 g/mol. The molecule has 2 aromatic heterocycles. The first-order chi connectivity index (χ1) is 9.52. The van der Waals surface area contributed by atoms with E-state index in [1.54, 1.807) is 0 Å². The van der Waals surface area contributed by atoms with Crippen LogP contribution in [0.3, 0.4) is 0 Å². The summed E-state index contributed by atoms with van der Waals surface area (Å²) < 4.78 is 6.79. The van der Waals surface area contributed by atoms with Crippen molar-refractivity contribution >= 4 is 17.0 Å². The number of fused-ring (bicyclic) bond motifs is 1. The maximum Gasteiger partial charge on any atom is 0.261 e. The molecule has 20 heavy (non-hydrogen) atoms. The molecule has 6 N–H and O–H groups in total. The lowest BCUT2D eigenvalue weighted by Gasteiger charge is -2.17. The molecule has 1 saturated heterocycles. The maximum atomic E-state index is 11.7. The standard InChI is InChI=1S/C11H14N4O5/c12-11-13-8-4(9(19)14-11)1-2-15(8)10-7(18)6(17)5(3-16)20-10/h1-2,5-7,10,16-18H,3H2,(H3,12,13,14,19)/t5-,6+,7+,10-/m1/s1. The molecule has 9 heteroatoms. The highest BCUT2D eigenvalue weighted by atomic mass is 16.6. The molecule has 0 saturated carbocycles. The Kier molecular flexibility index (Phi) is 2.98. The number of nitrogen functional groups attached to an aromatic ring is 1. The highest BCUT2D eigenvalue weighted by Crippen LogP contribution is 2.31. The highest BCUT2D eigenvalue weighted by Gasteiger charge is 2.43. The number of H-pyrrole nitrogens is 1. The van der Waals surface area contributed by atoms with E-state index in [-0.39, 0.29) is 17.0 Å². The van der Waals surface area contributed by atoms with Crippen LogP contribution in [0.1, 0.15) is 6.23 Å². The first kappa shape index (κ1) is 13.1. The minimum absolute atomic E-state index is 0.0609. The van der Waals surface area contributed by atoms with E-state index in [1.165, 1.54) is 16.8 Å². The van der Waals surface area contributed by atoms with E-state index >= 15 is 0 Å². The summed E-state index contributed by atoms with van der Waals surface area (Å²) in [7, 11) is 0. The van der Waals surface area contributed by atoms with Crippen molar-refractivity contribution in [2.45, 2.75) is 24.5 Å². The van der Waals surface area contributed by atoms with Gasteiger partial charge in [-0.2, -0.15) is 4.98 Å². The third kappa shape index (κ3) is 1.79. The number of hydrogen-bond acceptors (Lipinski definition) is 7.